The molecule has 0 unspecified atom stereocenters. The molecule has 0 fully saturated rings. The summed E-state index contributed by atoms with van der Waals surface area (Å²) in [7, 11) is 0. The molecular weight excluding hydrogens is 583 g/mol. The van der Waals surface area contributed by atoms with Crippen molar-refractivity contribution in [1.82, 2.24) is 0 Å². The number of hydrogen-bond donors (Lipinski definition) is 0. The van der Waals surface area contributed by atoms with Crippen LogP contribution in [0.4, 0.5) is 17.1 Å². The fourth-order valence-corrected chi connectivity index (χ4v) is 6.72. The SMILES string of the molecule is c1ccc(N(c2ccc(-c3ccc4ccccc4c3)cc2)c2ccc3cc(-c4cccc(-c5cc6ccccc6o5)c4)ccc3c2)cc1. The molecule has 0 atom stereocenters. The second-order valence-electron chi connectivity index (χ2n) is 12.3. The molecule has 8 aromatic carbocycles. The Morgan fingerprint density at radius 2 is 0.833 bits per heavy atom. The highest BCUT2D eigenvalue weighted by atomic mass is 16.3. The highest BCUT2D eigenvalue weighted by molar-refractivity contribution is 5.93. The van der Waals surface area contributed by atoms with Gasteiger partial charge in [0.1, 0.15) is 11.3 Å². The molecule has 226 valence electrons. The Bertz CT molecular complexity index is 2530. The largest absolute Gasteiger partial charge is 0.456 e. The first-order valence-corrected chi connectivity index (χ1v) is 16.3. The molecule has 1 heterocycles. The van der Waals surface area contributed by atoms with E-state index in [1.54, 1.807) is 0 Å². The van der Waals surface area contributed by atoms with Gasteiger partial charge in [0, 0.05) is 28.0 Å². The van der Waals surface area contributed by atoms with Crippen molar-refractivity contribution in [2.24, 2.45) is 0 Å². The molecule has 0 aliphatic carbocycles. The number of hydrogen-bond acceptors (Lipinski definition) is 2. The van der Waals surface area contributed by atoms with Gasteiger partial charge in [-0.1, -0.05) is 121 Å². The van der Waals surface area contributed by atoms with E-state index in [9.17, 15) is 0 Å². The Morgan fingerprint density at radius 3 is 1.65 bits per heavy atom. The Hall–Kier alpha value is -6.38. The van der Waals surface area contributed by atoms with Gasteiger partial charge in [0.15, 0.2) is 0 Å². The zero-order chi connectivity index (χ0) is 31.9. The smallest absolute Gasteiger partial charge is 0.135 e. The van der Waals surface area contributed by atoms with Crippen molar-refractivity contribution in [3.05, 3.63) is 188 Å². The maximum absolute atomic E-state index is 6.16. The van der Waals surface area contributed by atoms with E-state index < -0.39 is 0 Å². The summed E-state index contributed by atoms with van der Waals surface area (Å²) in [6.45, 7) is 0. The molecule has 0 saturated carbocycles. The number of rotatable bonds is 6. The molecule has 9 aromatic rings. The number of para-hydroxylation sites is 2. The summed E-state index contributed by atoms with van der Waals surface area (Å²) in [4.78, 5) is 2.33. The first-order valence-electron chi connectivity index (χ1n) is 16.3. The summed E-state index contributed by atoms with van der Waals surface area (Å²) in [6, 6.07) is 67.0. The third-order valence-electron chi connectivity index (χ3n) is 9.21. The van der Waals surface area contributed by atoms with Crippen LogP contribution < -0.4 is 4.90 Å². The van der Waals surface area contributed by atoms with E-state index >= 15 is 0 Å². The van der Waals surface area contributed by atoms with Crippen LogP contribution in [0.1, 0.15) is 0 Å². The van der Waals surface area contributed by atoms with Crippen LogP contribution in [0.25, 0.3) is 66.1 Å². The van der Waals surface area contributed by atoms with Crippen LogP contribution in [0.2, 0.25) is 0 Å². The number of benzene rings is 8. The normalized spacial score (nSPS) is 11.3. The molecule has 2 nitrogen and oxygen atoms in total. The molecule has 0 spiro atoms. The van der Waals surface area contributed by atoms with Crippen LogP contribution in [0, 0.1) is 0 Å². The van der Waals surface area contributed by atoms with Crippen LogP contribution in [0.15, 0.2) is 192 Å². The molecule has 1 aromatic heterocycles. The van der Waals surface area contributed by atoms with Gasteiger partial charge in [-0.15, -0.1) is 0 Å². The number of nitrogens with zero attached hydrogens (tertiary/aromatic N) is 1. The second-order valence-corrected chi connectivity index (χ2v) is 12.3. The molecule has 9 rings (SSSR count). The predicted molar refractivity (Wildman–Crippen MR) is 202 cm³/mol. The fourth-order valence-electron chi connectivity index (χ4n) is 6.72. The van der Waals surface area contributed by atoms with Crippen molar-refractivity contribution in [3.8, 4) is 33.6 Å². The van der Waals surface area contributed by atoms with E-state index in [-0.39, 0.29) is 0 Å². The summed E-state index contributed by atoms with van der Waals surface area (Å²) in [5.41, 5.74) is 10.1. The summed E-state index contributed by atoms with van der Waals surface area (Å²) in [5, 5.41) is 6.02. The van der Waals surface area contributed by atoms with Gasteiger partial charge in [-0.2, -0.15) is 0 Å². The van der Waals surface area contributed by atoms with Crippen molar-refractivity contribution in [2.45, 2.75) is 0 Å². The van der Waals surface area contributed by atoms with Gasteiger partial charge >= 0.3 is 0 Å². The maximum atomic E-state index is 6.16. The molecule has 48 heavy (non-hydrogen) atoms. The average Bonchev–Trinajstić information content (AvgIpc) is 3.60. The highest BCUT2D eigenvalue weighted by Gasteiger charge is 2.14. The minimum Gasteiger partial charge on any atom is -0.456 e. The van der Waals surface area contributed by atoms with E-state index in [2.05, 4.69) is 175 Å². The van der Waals surface area contributed by atoms with Crippen LogP contribution in [0.5, 0.6) is 0 Å². The van der Waals surface area contributed by atoms with E-state index in [0.29, 0.717) is 0 Å². The van der Waals surface area contributed by atoms with Crippen LogP contribution in [-0.2, 0) is 0 Å². The number of fused-ring (bicyclic) bond motifs is 3. The lowest BCUT2D eigenvalue weighted by molar-refractivity contribution is 0.631. The van der Waals surface area contributed by atoms with Crippen molar-refractivity contribution in [1.29, 1.82) is 0 Å². The highest BCUT2D eigenvalue weighted by Crippen LogP contribution is 2.38. The molecule has 0 bridgehead atoms. The summed E-state index contributed by atoms with van der Waals surface area (Å²) in [6.07, 6.45) is 0. The Kier molecular flexibility index (Phi) is 6.84. The lowest BCUT2D eigenvalue weighted by Gasteiger charge is -2.26. The number of furan rings is 1. The minimum absolute atomic E-state index is 0.884. The molecule has 0 aliphatic rings. The van der Waals surface area contributed by atoms with E-state index in [1.165, 1.54) is 38.2 Å². The monoisotopic (exact) mass is 613 g/mol. The van der Waals surface area contributed by atoms with Gasteiger partial charge in [0.2, 0.25) is 0 Å². The van der Waals surface area contributed by atoms with Crippen LogP contribution in [0.3, 0.4) is 0 Å². The predicted octanol–water partition coefficient (Wildman–Crippen LogP) is 13.2. The quantitative estimate of drug-likeness (QED) is 0.185. The molecule has 0 radical (unpaired) electrons. The minimum atomic E-state index is 0.884. The molecular formula is C46H31NO. The second kappa shape index (κ2) is 11.8. The van der Waals surface area contributed by atoms with Crippen LogP contribution in [-0.4, -0.2) is 0 Å². The first-order chi connectivity index (χ1) is 23.7. The van der Waals surface area contributed by atoms with E-state index in [4.69, 9.17) is 4.42 Å². The average molecular weight is 614 g/mol. The summed E-state index contributed by atoms with van der Waals surface area (Å²) >= 11 is 0. The van der Waals surface area contributed by atoms with Crippen LogP contribution >= 0.6 is 0 Å². The topological polar surface area (TPSA) is 16.4 Å². The van der Waals surface area contributed by atoms with E-state index in [1.807, 2.05) is 18.2 Å². The first kappa shape index (κ1) is 27.9. The van der Waals surface area contributed by atoms with E-state index in [0.717, 1.165) is 44.9 Å². The van der Waals surface area contributed by atoms with Gasteiger partial charge in [-0.25, -0.2) is 0 Å². The lowest BCUT2D eigenvalue weighted by Crippen LogP contribution is -2.09. The van der Waals surface area contributed by atoms with Gasteiger partial charge in [0.05, 0.1) is 0 Å². The summed E-state index contributed by atoms with van der Waals surface area (Å²) in [5.74, 6) is 0.884. The fraction of sp³-hybridized carbons (Fsp3) is 0. The van der Waals surface area contributed by atoms with Gasteiger partial charge in [-0.05, 0) is 111 Å². The standard InChI is InChI=1S/C46H31NO/c1-2-14-42(15-3-1)47(43-24-21-33(22-25-43)36-18-17-32-9-4-5-10-34(32)27-36)44-26-23-38-28-37(19-20-39(38)30-44)35-12-8-13-40(29-35)46-31-41-11-6-7-16-45(41)48-46/h1-31H. The lowest BCUT2D eigenvalue weighted by atomic mass is 9.98. The molecule has 2 heteroatoms. The zero-order valence-corrected chi connectivity index (χ0v) is 26.3. The van der Waals surface area contributed by atoms with Crippen molar-refractivity contribution < 1.29 is 4.42 Å². The van der Waals surface area contributed by atoms with Crippen molar-refractivity contribution in [3.63, 3.8) is 0 Å². The zero-order valence-electron chi connectivity index (χ0n) is 26.3. The van der Waals surface area contributed by atoms with Gasteiger partial charge < -0.3 is 9.32 Å². The maximum Gasteiger partial charge on any atom is 0.135 e. The van der Waals surface area contributed by atoms with Gasteiger partial charge in [-0.3, -0.25) is 0 Å². The molecule has 0 amide bonds. The molecule has 0 saturated heterocycles. The third-order valence-corrected chi connectivity index (χ3v) is 9.21. The molecule has 0 aliphatic heterocycles. The van der Waals surface area contributed by atoms with Crippen molar-refractivity contribution in [2.75, 3.05) is 4.90 Å². The Labute approximate surface area is 279 Å². The third kappa shape index (κ3) is 5.20. The Balaban J connectivity index is 1.05. The van der Waals surface area contributed by atoms with Crippen molar-refractivity contribution >= 4 is 49.6 Å². The summed E-state index contributed by atoms with van der Waals surface area (Å²) < 4.78 is 6.16. The molecule has 0 N–H and O–H groups in total. The van der Waals surface area contributed by atoms with Gasteiger partial charge in [0.25, 0.3) is 0 Å². The number of anilines is 3. The Morgan fingerprint density at radius 1 is 0.292 bits per heavy atom.